The molecule has 3 aromatic rings. The van der Waals surface area contributed by atoms with E-state index in [9.17, 15) is 19.5 Å². The van der Waals surface area contributed by atoms with E-state index in [2.05, 4.69) is 39.6 Å². The van der Waals surface area contributed by atoms with Crippen LogP contribution in [0.5, 0.6) is 0 Å². The molecular formula is C32H34N4O5. The van der Waals surface area contributed by atoms with Crippen LogP contribution in [0.1, 0.15) is 47.0 Å². The average molecular weight is 555 g/mol. The Morgan fingerprint density at radius 1 is 0.878 bits per heavy atom. The molecule has 0 heterocycles. The first-order valence-corrected chi connectivity index (χ1v) is 12.5. The molecule has 3 aromatic carbocycles. The van der Waals surface area contributed by atoms with Crippen LogP contribution in [0.3, 0.4) is 0 Å². The third kappa shape index (κ3) is 10.3. The fraction of sp³-hybridized carbons (Fsp3) is 0.219. The molecule has 6 N–H and O–H groups in total. The third-order valence-electron chi connectivity index (χ3n) is 5.82. The van der Waals surface area contributed by atoms with Crippen LogP contribution in [0.25, 0.3) is 0 Å². The summed E-state index contributed by atoms with van der Waals surface area (Å²) in [6.45, 7) is 4.17. The molecule has 0 saturated heterocycles. The molecule has 0 radical (unpaired) electrons. The van der Waals surface area contributed by atoms with Gasteiger partial charge in [-0.1, -0.05) is 43.5 Å². The number of aliphatic hydroxyl groups excluding tert-OH is 1. The van der Waals surface area contributed by atoms with E-state index >= 15 is 0 Å². The molecule has 41 heavy (non-hydrogen) atoms. The lowest BCUT2D eigenvalue weighted by atomic mass is 10.1. The van der Waals surface area contributed by atoms with Crippen molar-refractivity contribution >= 4 is 23.4 Å². The van der Waals surface area contributed by atoms with Crippen LogP contribution in [0.2, 0.25) is 0 Å². The predicted octanol–water partition coefficient (Wildman–Crippen LogP) is 2.75. The summed E-state index contributed by atoms with van der Waals surface area (Å²) in [5.41, 5.74) is 6.02. The van der Waals surface area contributed by atoms with Gasteiger partial charge in [0.1, 0.15) is 6.04 Å². The van der Waals surface area contributed by atoms with Gasteiger partial charge in [-0.15, -0.1) is 0 Å². The van der Waals surface area contributed by atoms with E-state index in [4.69, 9.17) is 5.21 Å². The second-order valence-electron chi connectivity index (χ2n) is 8.90. The number of hydrogen-bond acceptors (Lipinski definition) is 6. The number of hydroxylamine groups is 1. The van der Waals surface area contributed by atoms with Gasteiger partial charge < -0.3 is 21.1 Å². The Morgan fingerprint density at radius 2 is 1.46 bits per heavy atom. The van der Waals surface area contributed by atoms with Crippen molar-refractivity contribution < 1.29 is 24.7 Å². The number of anilines is 1. The number of carbonyl (C=O) groups excluding carboxylic acids is 3. The minimum Gasteiger partial charge on any atom is -0.391 e. The van der Waals surface area contributed by atoms with Gasteiger partial charge in [0.05, 0.1) is 12.6 Å². The van der Waals surface area contributed by atoms with Gasteiger partial charge in [-0.3, -0.25) is 19.6 Å². The van der Waals surface area contributed by atoms with Gasteiger partial charge in [0.15, 0.2) is 0 Å². The number of aliphatic hydroxyl groups is 1. The van der Waals surface area contributed by atoms with Gasteiger partial charge in [-0.05, 0) is 85.3 Å². The number of amides is 3. The zero-order valence-corrected chi connectivity index (χ0v) is 22.1. The molecule has 9 nitrogen and oxygen atoms in total. The van der Waals surface area contributed by atoms with Crippen molar-refractivity contribution in [3.63, 3.8) is 0 Å². The third-order valence-corrected chi connectivity index (χ3v) is 5.82. The Kier molecular flexibility index (Phi) is 12.8. The number of rotatable bonds is 9. The highest BCUT2D eigenvalue weighted by molar-refractivity contribution is 5.97. The summed E-state index contributed by atoms with van der Waals surface area (Å²) in [5.74, 6) is 9.69. The molecule has 0 aliphatic rings. The van der Waals surface area contributed by atoms with Gasteiger partial charge in [-0.2, -0.15) is 0 Å². The summed E-state index contributed by atoms with van der Waals surface area (Å²) in [7, 11) is 0. The zero-order valence-electron chi connectivity index (χ0n) is 22.1. The maximum Gasteiger partial charge on any atom is 0.268 e. The maximum atomic E-state index is 12.3. The predicted molar refractivity (Wildman–Crippen MR) is 158 cm³/mol. The van der Waals surface area contributed by atoms with E-state index in [0.717, 1.165) is 11.1 Å². The molecule has 0 aliphatic heterocycles. The fourth-order valence-corrected chi connectivity index (χ4v) is 3.57. The normalized spacial score (nSPS) is 11.2. The van der Waals surface area contributed by atoms with E-state index in [1.165, 1.54) is 30.1 Å². The van der Waals surface area contributed by atoms with Crippen LogP contribution in [-0.4, -0.2) is 46.7 Å². The summed E-state index contributed by atoms with van der Waals surface area (Å²) >= 11 is 0. The fourth-order valence-electron chi connectivity index (χ4n) is 3.57. The second kappa shape index (κ2) is 16.2. The van der Waals surface area contributed by atoms with Crippen LogP contribution in [-0.2, 0) is 16.1 Å². The number of benzene rings is 3. The van der Waals surface area contributed by atoms with Gasteiger partial charge in [0, 0.05) is 28.9 Å². The monoisotopic (exact) mass is 554 g/mol. The van der Waals surface area contributed by atoms with Crippen molar-refractivity contribution in [1.29, 1.82) is 0 Å². The van der Waals surface area contributed by atoms with Crippen molar-refractivity contribution in [3.05, 3.63) is 101 Å². The minimum absolute atomic E-state index is 0. The van der Waals surface area contributed by atoms with Gasteiger partial charge in [0.2, 0.25) is 5.91 Å². The first-order valence-electron chi connectivity index (χ1n) is 12.5. The molecule has 3 rings (SSSR count). The summed E-state index contributed by atoms with van der Waals surface area (Å²) in [6.07, 6.45) is -1.20. The molecule has 0 fully saturated rings. The number of nitrogens with one attached hydrogen (secondary N) is 4. The minimum atomic E-state index is -1.30. The zero-order chi connectivity index (χ0) is 28.9. The molecule has 3 amide bonds. The van der Waals surface area contributed by atoms with Gasteiger partial charge >= 0.3 is 0 Å². The Labute approximate surface area is 240 Å². The molecule has 0 aromatic heterocycles. The largest absolute Gasteiger partial charge is 0.391 e. The topological polar surface area (TPSA) is 140 Å². The van der Waals surface area contributed by atoms with Crippen LogP contribution < -0.4 is 21.4 Å². The Hall–Kier alpha value is -4.93. The number of hydrogen-bond donors (Lipinski definition) is 6. The maximum absolute atomic E-state index is 12.3. The van der Waals surface area contributed by atoms with E-state index in [-0.39, 0.29) is 25.4 Å². The summed E-state index contributed by atoms with van der Waals surface area (Å²) in [6, 6.07) is 20.1. The second-order valence-corrected chi connectivity index (χ2v) is 8.90. The molecule has 212 valence electrons. The summed E-state index contributed by atoms with van der Waals surface area (Å²) < 4.78 is 0. The highest BCUT2D eigenvalue weighted by Gasteiger charge is 2.25. The van der Waals surface area contributed by atoms with Crippen molar-refractivity contribution in [2.45, 2.75) is 40.0 Å². The summed E-state index contributed by atoms with van der Waals surface area (Å²) in [5, 5.41) is 26.7. The molecule has 2 atom stereocenters. The smallest absolute Gasteiger partial charge is 0.268 e. The van der Waals surface area contributed by atoms with Crippen LogP contribution in [0, 0.1) is 30.6 Å². The first-order chi connectivity index (χ1) is 19.3. The molecule has 0 spiro atoms. The lowest BCUT2D eigenvalue weighted by molar-refractivity contribution is -0.133. The van der Waals surface area contributed by atoms with Gasteiger partial charge in [0.25, 0.3) is 11.8 Å². The number of carbonyl (C=O) groups is 3. The van der Waals surface area contributed by atoms with Crippen molar-refractivity contribution in [3.8, 4) is 23.7 Å². The average Bonchev–Trinajstić information content (AvgIpc) is 2.95. The van der Waals surface area contributed by atoms with Crippen LogP contribution >= 0.6 is 0 Å². The summed E-state index contributed by atoms with van der Waals surface area (Å²) in [4.78, 5) is 36.1. The van der Waals surface area contributed by atoms with E-state index in [0.29, 0.717) is 17.8 Å². The quantitative estimate of drug-likeness (QED) is 0.137. The first kappa shape index (κ1) is 32.3. The molecule has 0 bridgehead atoms. The molecule has 9 heteroatoms. The van der Waals surface area contributed by atoms with Crippen LogP contribution in [0.4, 0.5) is 5.69 Å². The SMILES string of the molecule is C.Cc1ccccc1CNCC(=O)Nc1ccc(C#CC#Cc2ccc(C(=O)N[C@H](C(=O)NO)[C@@H](C)O)cc2)cc1. The lowest BCUT2D eigenvalue weighted by Crippen LogP contribution is -2.51. The van der Waals surface area contributed by atoms with Crippen molar-refractivity contribution in [2.75, 3.05) is 11.9 Å². The molecule has 0 unspecified atom stereocenters. The lowest BCUT2D eigenvalue weighted by Gasteiger charge is -2.19. The van der Waals surface area contributed by atoms with Crippen molar-refractivity contribution in [1.82, 2.24) is 16.1 Å². The Balaban J connectivity index is 0.00000588. The highest BCUT2D eigenvalue weighted by Crippen LogP contribution is 2.09. The van der Waals surface area contributed by atoms with Gasteiger partial charge in [-0.25, -0.2) is 5.48 Å². The van der Waals surface area contributed by atoms with E-state index < -0.39 is 24.0 Å². The van der Waals surface area contributed by atoms with E-state index in [1.54, 1.807) is 36.4 Å². The van der Waals surface area contributed by atoms with E-state index in [1.807, 2.05) is 31.2 Å². The van der Waals surface area contributed by atoms with Crippen LogP contribution in [0.15, 0.2) is 72.8 Å². The van der Waals surface area contributed by atoms with Crippen molar-refractivity contribution in [2.24, 2.45) is 0 Å². The number of aryl methyl sites for hydroxylation is 1. The molecule has 0 aliphatic carbocycles. The Morgan fingerprint density at radius 3 is 2.02 bits per heavy atom. The molecule has 0 saturated carbocycles. The molecular weight excluding hydrogens is 520 g/mol. The Bertz CT molecular complexity index is 1460. The highest BCUT2D eigenvalue weighted by atomic mass is 16.5. The standard InChI is InChI=1S/C31H30N4O5.CH4/c1-21-7-3-6-10-26(21)19-32-20-28(37)33-27-17-13-24(14-18-27)9-5-4-8-23-11-15-25(16-12-23)30(38)34-29(22(2)36)31(39)35-40;/h3,6-7,10-18,22,29,32,36,40H,19-20H2,1-2H3,(H,33,37)(H,34,38)(H,35,39);1H4/t22-,29+;/m1./s1.